The first-order valence-electron chi connectivity index (χ1n) is 6.71. The molecule has 1 atom stereocenters. The molecule has 1 aromatic carbocycles. The number of benzene rings is 1. The van der Waals surface area contributed by atoms with Gasteiger partial charge in [-0.1, -0.05) is 6.07 Å². The molecule has 0 aliphatic carbocycles. The Bertz CT molecular complexity index is 403. The van der Waals surface area contributed by atoms with E-state index in [1.54, 1.807) is 7.11 Å². The van der Waals surface area contributed by atoms with Gasteiger partial charge in [-0.05, 0) is 51.3 Å². The summed E-state index contributed by atoms with van der Waals surface area (Å²) in [5.74, 6) is 1.60. The molecule has 1 aliphatic rings. The molecule has 1 fully saturated rings. The van der Waals surface area contributed by atoms with Gasteiger partial charge >= 0.3 is 0 Å². The summed E-state index contributed by atoms with van der Waals surface area (Å²) in [5.41, 5.74) is 7.14. The number of hydrogen-bond donors (Lipinski definition) is 1. The van der Waals surface area contributed by atoms with Crippen LogP contribution in [-0.4, -0.2) is 25.7 Å². The topological polar surface area (TPSA) is 38.5 Å². The maximum Gasteiger partial charge on any atom is 0.120 e. The normalized spacial score (nSPS) is 22.2. The Morgan fingerprint density at radius 3 is 2.89 bits per heavy atom. The van der Waals surface area contributed by atoms with E-state index in [1.807, 2.05) is 6.07 Å². The lowest BCUT2D eigenvalue weighted by atomic mass is 9.85. The second-order valence-corrected chi connectivity index (χ2v) is 5.57. The maximum absolute atomic E-state index is 5.72. The van der Waals surface area contributed by atoms with Crippen LogP contribution in [0.15, 0.2) is 24.3 Å². The number of ether oxygens (including phenoxy) is 1. The van der Waals surface area contributed by atoms with E-state index in [4.69, 9.17) is 10.5 Å². The van der Waals surface area contributed by atoms with Gasteiger partial charge in [0.05, 0.1) is 7.11 Å². The van der Waals surface area contributed by atoms with Gasteiger partial charge in [0.2, 0.25) is 0 Å². The van der Waals surface area contributed by atoms with E-state index in [1.165, 1.54) is 12.1 Å². The van der Waals surface area contributed by atoms with Gasteiger partial charge in [0.15, 0.2) is 0 Å². The molecular weight excluding hydrogens is 224 g/mol. The molecular formula is C15H24N2O. The van der Waals surface area contributed by atoms with Crippen molar-refractivity contribution in [3.05, 3.63) is 24.3 Å². The number of nitrogens with two attached hydrogens (primary N) is 1. The Balaban J connectivity index is 2.23. The van der Waals surface area contributed by atoms with Crippen molar-refractivity contribution in [2.24, 2.45) is 11.7 Å². The van der Waals surface area contributed by atoms with Gasteiger partial charge in [-0.15, -0.1) is 0 Å². The van der Waals surface area contributed by atoms with Gasteiger partial charge < -0.3 is 15.4 Å². The predicted octanol–water partition coefficient (Wildman–Crippen LogP) is 2.65. The minimum absolute atomic E-state index is 0.172. The molecule has 2 N–H and O–H groups in total. The highest BCUT2D eigenvalue weighted by Gasteiger charge is 2.40. The number of hydrogen-bond acceptors (Lipinski definition) is 3. The predicted molar refractivity (Wildman–Crippen MR) is 76.2 cm³/mol. The zero-order valence-electron chi connectivity index (χ0n) is 11.6. The van der Waals surface area contributed by atoms with Gasteiger partial charge in [-0.3, -0.25) is 0 Å². The molecule has 1 heterocycles. The van der Waals surface area contributed by atoms with Crippen molar-refractivity contribution in [1.29, 1.82) is 0 Å². The van der Waals surface area contributed by atoms with Crippen molar-refractivity contribution in [2.45, 2.75) is 32.2 Å². The van der Waals surface area contributed by atoms with E-state index in [0.29, 0.717) is 5.92 Å². The Kier molecular flexibility index (Phi) is 3.81. The van der Waals surface area contributed by atoms with Gasteiger partial charge in [-0.25, -0.2) is 0 Å². The molecule has 0 amide bonds. The van der Waals surface area contributed by atoms with Crippen LogP contribution in [0.4, 0.5) is 5.69 Å². The van der Waals surface area contributed by atoms with Crippen molar-refractivity contribution >= 4 is 5.69 Å². The highest BCUT2D eigenvalue weighted by Crippen LogP contribution is 2.40. The summed E-state index contributed by atoms with van der Waals surface area (Å²) in [6.45, 7) is 6.52. The third-order valence-corrected chi connectivity index (χ3v) is 4.28. The lowest BCUT2D eigenvalue weighted by Crippen LogP contribution is -2.43. The molecule has 3 nitrogen and oxygen atoms in total. The molecule has 1 aromatic rings. The molecule has 0 spiro atoms. The first-order valence-corrected chi connectivity index (χ1v) is 6.71. The van der Waals surface area contributed by atoms with E-state index in [2.05, 4.69) is 36.9 Å². The lowest BCUT2D eigenvalue weighted by molar-refractivity contribution is 0.348. The lowest BCUT2D eigenvalue weighted by Gasteiger charge is -2.38. The number of rotatable bonds is 4. The van der Waals surface area contributed by atoms with E-state index in [9.17, 15) is 0 Å². The second-order valence-electron chi connectivity index (χ2n) is 5.57. The summed E-state index contributed by atoms with van der Waals surface area (Å²) < 4.78 is 5.31. The van der Waals surface area contributed by atoms with E-state index < -0.39 is 0 Å². The molecule has 2 rings (SSSR count). The van der Waals surface area contributed by atoms with Crippen molar-refractivity contribution in [3.8, 4) is 5.75 Å². The van der Waals surface area contributed by atoms with Crippen LogP contribution < -0.4 is 15.4 Å². The van der Waals surface area contributed by atoms with Gasteiger partial charge in [0.25, 0.3) is 0 Å². The fourth-order valence-electron chi connectivity index (χ4n) is 3.09. The van der Waals surface area contributed by atoms with Crippen LogP contribution in [0.2, 0.25) is 0 Å². The Hall–Kier alpha value is -1.22. The summed E-state index contributed by atoms with van der Waals surface area (Å²) in [4.78, 5) is 2.48. The van der Waals surface area contributed by atoms with Crippen molar-refractivity contribution < 1.29 is 4.74 Å². The van der Waals surface area contributed by atoms with Crippen molar-refractivity contribution in [2.75, 3.05) is 25.1 Å². The molecule has 0 saturated carbocycles. The zero-order chi connectivity index (χ0) is 13.2. The SMILES string of the molecule is COc1cccc(N2CCC(CCN)C2(C)C)c1. The van der Waals surface area contributed by atoms with Crippen LogP contribution >= 0.6 is 0 Å². The third-order valence-electron chi connectivity index (χ3n) is 4.28. The number of anilines is 1. The molecule has 1 aliphatic heterocycles. The van der Waals surface area contributed by atoms with Gasteiger partial charge in [0.1, 0.15) is 5.75 Å². The molecule has 0 aromatic heterocycles. The van der Waals surface area contributed by atoms with E-state index >= 15 is 0 Å². The van der Waals surface area contributed by atoms with Crippen LogP contribution in [-0.2, 0) is 0 Å². The van der Waals surface area contributed by atoms with Crippen LogP contribution in [0.5, 0.6) is 5.75 Å². The minimum Gasteiger partial charge on any atom is -0.497 e. The molecule has 0 radical (unpaired) electrons. The summed E-state index contributed by atoms with van der Waals surface area (Å²) in [6, 6.07) is 8.33. The molecule has 100 valence electrons. The highest BCUT2D eigenvalue weighted by molar-refractivity contribution is 5.54. The molecule has 18 heavy (non-hydrogen) atoms. The largest absolute Gasteiger partial charge is 0.497 e. The first-order chi connectivity index (χ1) is 8.59. The quantitative estimate of drug-likeness (QED) is 0.890. The van der Waals surface area contributed by atoms with Gasteiger partial charge in [0, 0.05) is 23.8 Å². The highest BCUT2D eigenvalue weighted by atomic mass is 16.5. The number of nitrogens with zero attached hydrogens (tertiary/aromatic N) is 1. The summed E-state index contributed by atoms with van der Waals surface area (Å²) in [6.07, 6.45) is 2.33. The second kappa shape index (κ2) is 5.19. The van der Waals surface area contributed by atoms with Crippen LogP contribution in [0.1, 0.15) is 26.7 Å². The summed E-state index contributed by atoms with van der Waals surface area (Å²) >= 11 is 0. The molecule has 0 bridgehead atoms. The van der Waals surface area contributed by atoms with Crippen molar-refractivity contribution in [3.63, 3.8) is 0 Å². The van der Waals surface area contributed by atoms with Crippen molar-refractivity contribution in [1.82, 2.24) is 0 Å². The third kappa shape index (κ3) is 2.32. The van der Waals surface area contributed by atoms with E-state index in [-0.39, 0.29) is 5.54 Å². The Labute approximate surface area is 110 Å². The monoisotopic (exact) mass is 248 g/mol. The van der Waals surface area contributed by atoms with E-state index in [0.717, 1.165) is 25.3 Å². The zero-order valence-corrected chi connectivity index (χ0v) is 11.6. The van der Waals surface area contributed by atoms with Crippen LogP contribution in [0, 0.1) is 5.92 Å². The fraction of sp³-hybridized carbons (Fsp3) is 0.600. The first kappa shape index (κ1) is 13.2. The molecule has 3 heteroatoms. The fourth-order valence-corrected chi connectivity index (χ4v) is 3.09. The maximum atomic E-state index is 5.72. The molecule has 1 saturated heterocycles. The Morgan fingerprint density at radius 2 is 2.22 bits per heavy atom. The number of methoxy groups -OCH3 is 1. The smallest absolute Gasteiger partial charge is 0.120 e. The van der Waals surface area contributed by atoms with Crippen LogP contribution in [0.3, 0.4) is 0 Å². The Morgan fingerprint density at radius 1 is 1.44 bits per heavy atom. The minimum atomic E-state index is 0.172. The molecule has 1 unspecified atom stereocenters. The average molecular weight is 248 g/mol. The standard InChI is InChI=1S/C15H24N2O/c1-15(2)12(7-9-16)8-10-17(15)13-5-4-6-14(11-13)18-3/h4-6,11-12H,7-10,16H2,1-3H3. The summed E-state index contributed by atoms with van der Waals surface area (Å²) in [5, 5.41) is 0. The van der Waals surface area contributed by atoms with Crippen LogP contribution in [0.25, 0.3) is 0 Å². The average Bonchev–Trinajstić information content (AvgIpc) is 2.66. The summed E-state index contributed by atoms with van der Waals surface area (Å²) in [7, 11) is 1.71. The van der Waals surface area contributed by atoms with Gasteiger partial charge in [-0.2, -0.15) is 0 Å².